The van der Waals surface area contributed by atoms with Crippen LogP contribution >= 0.6 is 0 Å². The highest BCUT2D eigenvalue weighted by Crippen LogP contribution is 2.62. The van der Waals surface area contributed by atoms with E-state index < -0.39 is 6.10 Å². The number of carbonyl (C=O) groups excluding carboxylic acids is 1. The number of hydrogen-bond donors (Lipinski definition) is 2. The lowest BCUT2D eigenvalue weighted by Crippen LogP contribution is -2.63. The van der Waals surface area contributed by atoms with Crippen molar-refractivity contribution in [2.24, 2.45) is 22.7 Å². The smallest absolute Gasteiger partial charge is 0.220 e. The molecule has 1 amide bonds. The summed E-state index contributed by atoms with van der Waals surface area (Å²) in [6.07, 6.45) is 5.66. The maximum absolute atomic E-state index is 12.8. The molecule has 5 rings (SSSR count). The lowest BCUT2D eigenvalue weighted by molar-refractivity contribution is -0.308. The summed E-state index contributed by atoms with van der Waals surface area (Å²) < 4.78 is 18.2. The van der Waals surface area contributed by atoms with Crippen LogP contribution in [0.15, 0.2) is 53.1 Å². The second-order valence-corrected chi connectivity index (χ2v) is 11.0. The van der Waals surface area contributed by atoms with Gasteiger partial charge in [0.25, 0.3) is 0 Å². The number of ether oxygens (including phenoxy) is 2. The predicted molar refractivity (Wildman–Crippen MR) is 128 cm³/mol. The highest BCUT2D eigenvalue weighted by atomic mass is 16.7. The number of carbonyl (C=O) groups is 1. The van der Waals surface area contributed by atoms with Crippen molar-refractivity contribution >= 4 is 5.91 Å². The van der Waals surface area contributed by atoms with Gasteiger partial charge in [-0.3, -0.25) is 4.79 Å². The summed E-state index contributed by atoms with van der Waals surface area (Å²) >= 11 is 0. The number of aliphatic hydroxyl groups is 1. The molecule has 0 bridgehead atoms. The van der Waals surface area contributed by atoms with Crippen LogP contribution in [-0.2, 0) is 27.2 Å². The highest BCUT2D eigenvalue weighted by molar-refractivity contribution is 5.76. The minimum atomic E-state index is -0.466. The Balaban J connectivity index is 1.27. The molecule has 0 spiro atoms. The molecule has 1 saturated heterocycles. The molecular weight excluding hydrogens is 430 g/mol. The van der Waals surface area contributed by atoms with E-state index in [9.17, 15) is 9.90 Å². The van der Waals surface area contributed by atoms with E-state index in [0.29, 0.717) is 31.9 Å². The first-order valence-corrected chi connectivity index (χ1v) is 12.7. The molecular formula is C28H37NO5. The van der Waals surface area contributed by atoms with Crippen molar-refractivity contribution in [1.29, 1.82) is 0 Å². The van der Waals surface area contributed by atoms with Gasteiger partial charge in [-0.15, -0.1) is 0 Å². The minimum absolute atomic E-state index is 0.0336. The molecule has 1 aromatic carbocycles. The molecule has 2 aromatic rings. The largest absolute Gasteiger partial charge is 0.467 e. The van der Waals surface area contributed by atoms with E-state index >= 15 is 0 Å². The summed E-state index contributed by atoms with van der Waals surface area (Å²) in [5, 5.41) is 14.0. The lowest BCUT2D eigenvalue weighted by Gasteiger charge is -2.63. The first-order chi connectivity index (χ1) is 16.4. The van der Waals surface area contributed by atoms with Gasteiger partial charge in [-0.2, -0.15) is 0 Å². The molecule has 6 nitrogen and oxygen atoms in total. The Morgan fingerprint density at radius 2 is 1.91 bits per heavy atom. The Morgan fingerprint density at radius 1 is 1.09 bits per heavy atom. The third-order valence-electron chi connectivity index (χ3n) is 8.92. The Bertz CT molecular complexity index is 962. The number of aliphatic hydroxyl groups excluding tert-OH is 1. The molecule has 34 heavy (non-hydrogen) atoms. The van der Waals surface area contributed by atoms with Crippen LogP contribution < -0.4 is 5.32 Å². The van der Waals surface area contributed by atoms with Crippen LogP contribution in [0.1, 0.15) is 57.3 Å². The van der Waals surface area contributed by atoms with Gasteiger partial charge >= 0.3 is 0 Å². The summed E-state index contributed by atoms with van der Waals surface area (Å²) in [5.41, 5.74) is 0.964. The third kappa shape index (κ3) is 4.43. The minimum Gasteiger partial charge on any atom is -0.467 e. The zero-order valence-corrected chi connectivity index (χ0v) is 20.2. The molecule has 2 saturated carbocycles. The fourth-order valence-electron chi connectivity index (χ4n) is 7.07. The Hall–Kier alpha value is -2.15. The zero-order chi connectivity index (χ0) is 23.8. The molecule has 184 valence electrons. The zero-order valence-electron chi connectivity index (χ0n) is 20.2. The van der Waals surface area contributed by atoms with Crippen molar-refractivity contribution in [3.05, 3.63) is 60.1 Å². The van der Waals surface area contributed by atoms with Gasteiger partial charge in [0.15, 0.2) is 6.29 Å². The van der Waals surface area contributed by atoms with Crippen LogP contribution in [0.3, 0.4) is 0 Å². The summed E-state index contributed by atoms with van der Waals surface area (Å²) in [7, 11) is 0. The number of furan rings is 1. The first kappa shape index (κ1) is 23.6. The molecule has 0 radical (unpaired) electrons. The van der Waals surface area contributed by atoms with E-state index in [1.807, 2.05) is 30.3 Å². The van der Waals surface area contributed by atoms with Crippen LogP contribution in [0, 0.1) is 22.7 Å². The van der Waals surface area contributed by atoms with Gasteiger partial charge < -0.3 is 24.3 Å². The summed E-state index contributed by atoms with van der Waals surface area (Å²) in [6, 6.07) is 14.0. The molecule has 7 atom stereocenters. The SMILES string of the molecule is C[C@@]12CO[C@@H](Cc3ccccc3)O[C@@H]1CC[C@]1(C)C2CC[C@@H](O)[C@H]1CC(=O)NCc1ccco1. The van der Waals surface area contributed by atoms with Crippen LogP contribution in [0.25, 0.3) is 0 Å². The number of nitrogens with one attached hydrogen (secondary N) is 1. The molecule has 3 fully saturated rings. The predicted octanol–water partition coefficient (Wildman–Crippen LogP) is 4.46. The maximum atomic E-state index is 12.8. The maximum Gasteiger partial charge on any atom is 0.220 e. The fraction of sp³-hybridized carbons (Fsp3) is 0.607. The fourth-order valence-corrected chi connectivity index (χ4v) is 7.07. The molecule has 1 aromatic heterocycles. The highest BCUT2D eigenvalue weighted by Gasteiger charge is 2.61. The van der Waals surface area contributed by atoms with Gasteiger partial charge in [0.1, 0.15) is 5.76 Å². The van der Waals surface area contributed by atoms with Gasteiger partial charge in [0.05, 0.1) is 31.6 Å². The molecule has 2 heterocycles. The lowest BCUT2D eigenvalue weighted by atomic mass is 9.46. The van der Waals surface area contributed by atoms with E-state index in [4.69, 9.17) is 13.9 Å². The van der Waals surface area contributed by atoms with E-state index in [0.717, 1.165) is 31.4 Å². The van der Waals surface area contributed by atoms with Crippen molar-refractivity contribution in [1.82, 2.24) is 5.32 Å². The van der Waals surface area contributed by atoms with Gasteiger partial charge in [0.2, 0.25) is 5.91 Å². The Labute approximate surface area is 202 Å². The molecule has 2 N–H and O–H groups in total. The summed E-state index contributed by atoms with van der Waals surface area (Å²) in [5.74, 6) is 0.954. The van der Waals surface area contributed by atoms with Crippen molar-refractivity contribution in [3.8, 4) is 0 Å². The van der Waals surface area contributed by atoms with Crippen molar-refractivity contribution in [2.45, 2.75) is 77.4 Å². The number of fused-ring (bicyclic) bond motifs is 3. The average molecular weight is 468 g/mol. The third-order valence-corrected chi connectivity index (χ3v) is 8.92. The van der Waals surface area contributed by atoms with E-state index in [2.05, 4.69) is 31.3 Å². The van der Waals surface area contributed by atoms with Crippen LogP contribution in [0.4, 0.5) is 0 Å². The number of benzene rings is 1. The molecule has 3 aliphatic rings. The van der Waals surface area contributed by atoms with Crippen LogP contribution in [0.5, 0.6) is 0 Å². The second kappa shape index (κ2) is 9.48. The monoisotopic (exact) mass is 467 g/mol. The van der Waals surface area contributed by atoms with Crippen LogP contribution in [0.2, 0.25) is 0 Å². The van der Waals surface area contributed by atoms with Gasteiger partial charge in [-0.05, 0) is 60.6 Å². The Morgan fingerprint density at radius 3 is 2.68 bits per heavy atom. The summed E-state index contributed by atoms with van der Waals surface area (Å²) in [4.78, 5) is 12.8. The Kier molecular flexibility index (Phi) is 6.58. The van der Waals surface area contributed by atoms with Gasteiger partial charge in [0, 0.05) is 18.3 Å². The normalized spacial score (nSPS) is 37.4. The van der Waals surface area contributed by atoms with Crippen molar-refractivity contribution < 1.29 is 23.8 Å². The molecule has 6 heteroatoms. The van der Waals surface area contributed by atoms with E-state index in [1.54, 1.807) is 6.26 Å². The number of amides is 1. The van der Waals surface area contributed by atoms with Crippen molar-refractivity contribution in [3.63, 3.8) is 0 Å². The van der Waals surface area contributed by atoms with Crippen LogP contribution in [-0.4, -0.2) is 36.1 Å². The second-order valence-electron chi connectivity index (χ2n) is 11.0. The van der Waals surface area contributed by atoms with Crippen molar-refractivity contribution in [2.75, 3.05) is 6.61 Å². The first-order valence-electron chi connectivity index (χ1n) is 12.7. The standard InChI is InChI=1S/C28H37NO5/c1-27-13-12-24-28(2,18-33-26(34-24)15-19-7-4-3-5-8-19)23(27)11-10-22(30)21(27)16-25(31)29-17-20-9-6-14-32-20/h3-9,14,21-24,26,30H,10-13,15-18H2,1-2H3,(H,29,31)/t21-,22-,23?,24-,26-,27+,28+/m1/s1. The quantitative estimate of drug-likeness (QED) is 0.656. The van der Waals surface area contributed by atoms with Gasteiger partial charge in [-0.1, -0.05) is 44.2 Å². The van der Waals surface area contributed by atoms with E-state index in [-0.39, 0.29) is 35.0 Å². The topological polar surface area (TPSA) is 80.9 Å². The molecule has 1 aliphatic heterocycles. The number of rotatable bonds is 6. The average Bonchev–Trinajstić information content (AvgIpc) is 3.35. The number of hydrogen-bond acceptors (Lipinski definition) is 5. The van der Waals surface area contributed by atoms with Gasteiger partial charge in [-0.25, -0.2) is 0 Å². The summed E-state index contributed by atoms with van der Waals surface area (Å²) in [6.45, 7) is 5.61. The molecule has 1 unspecified atom stereocenters. The van der Waals surface area contributed by atoms with E-state index in [1.165, 1.54) is 5.56 Å². The molecule has 2 aliphatic carbocycles.